The van der Waals surface area contributed by atoms with Crippen LogP contribution >= 0.6 is 11.6 Å². The van der Waals surface area contributed by atoms with Gasteiger partial charge in [-0.25, -0.2) is 0 Å². The maximum absolute atomic E-state index is 10.3. The lowest BCUT2D eigenvalue weighted by atomic mass is 10.1. The van der Waals surface area contributed by atoms with Crippen LogP contribution in [0, 0.1) is 0 Å². The van der Waals surface area contributed by atoms with Crippen LogP contribution < -0.4 is 4.74 Å². The number of ether oxygens (including phenoxy) is 2. The maximum atomic E-state index is 10.3. The second-order valence-electron chi connectivity index (χ2n) is 5.82. The summed E-state index contributed by atoms with van der Waals surface area (Å²) in [6.07, 6.45) is 2.93. The van der Waals surface area contributed by atoms with Gasteiger partial charge < -0.3 is 19.5 Å². The van der Waals surface area contributed by atoms with Gasteiger partial charge in [0.25, 0.3) is 0 Å². The minimum atomic E-state index is -0.468. The van der Waals surface area contributed by atoms with Crippen LogP contribution in [0.4, 0.5) is 0 Å². The number of hydrogen-bond donors (Lipinski definition) is 1. The molecule has 0 amide bonds. The predicted octanol–water partition coefficient (Wildman–Crippen LogP) is 2.64. The number of halogens is 1. The monoisotopic (exact) mass is 311 g/mol. The fourth-order valence-electron chi connectivity index (χ4n) is 2.76. The first-order chi connectivity index (χ1) is 10.2. The Balaban J connectivity index is 1.55. The van der Waals surface area contributed by atoms with Crippen LogP contribution in [0.15, 0.2) is 18.2 Å². The van der Waals surface area contributed by atoms with Gasteiger partial charge in [-0.2, -0.15) is 0 Å². The SMILES string of the molecule is OC(CCN1CCCC1)c1ccc(OC2COC2)c(Cl)c1. The van der Waals surface area contributed by atoms with Crippen molar-refractivity contribution in [3.8, 4) is 5.75 Å². The second-order valence-corrected chi connectivity index (χ2v) is 6.23. The molecule has 1 aromatic carbocycles. The van der Waals surface area contributed by atoms with E-state index in [9.17, 15) is 5.11 Å². The third-order valence-corrected chi connectivity index (χ3v) is 4.45. The number of benzene rings is 1. The van der Waals surface area contributed by atoms with E-state index in [0.29, 0.717) is 24.0 Å². The molecule has 1 aromatic rings. The second kappa shape index (κ2) is 6.97. The summed E-state index contributed by atoms with van der Waals surface area (Å²) < 4.78 is 10.8. The minimum Gasteiger partial charge on any atom is -0.484 e. The number of nitrogens with zero attached hydrogens (tertiary/aromatic N) is 1. The number of hydrogen-bond acceptors (Lipinski definition) is 4. The molecule has 1 N–H and O–H groups in total. The molecule has 2 aliphatic rings. The van der Waals surface area contributed by atoms with Crippen molar-refractivity contribution in [2.45, 2.75) is 31.5 Å². The Morgan fingerprint density at radius 2 is 2.10 bits per heavy atom. The lowest BCUT2D eigenvalue weighted by Crippen LogP contribution is -2.38. The van der Waals surface area contributed by atoms with Gasteiger partial charge in [0, 0.05) is 6.54 Å². The average molecular weight is 312 g/mol. The highest BCUT2D eigenvalue weighted by Gasteiger charge is 2.21. The third kappa shape index (κ3) is 3.89. The van der Waals surface area contributed by atoms with Crippen molar-refractivity contribution in [1.82, 2.24) is 4.90 Å². The molecule has 21 heavy (non-hydrogen) atoms. The molecule has 2 aliphatic heterocycles. The van der Waals surface area contributed by atoms with Crippen LogP contribution in [0.1, 0.15) is 30.9 Å². The smallest absolute Gasteiger partial charge is 0.145 e. The van der Waals surface area contributed by atoms with Crippen molar-refractivity contribution in [3.05, 3.63) is 28.8 Å². The van der Waals surface area contributed by atoms with Gasteiger partial charge in [-0.15, -0.1) is 0 Å². The minimum absolute atomic E-state index is 0.105. The van der Waals surface area contributed by atoms with E-state index in [2.05, 4.69) is 4.90 Å². The van der Waals surface area contributed by atoms with Crippen LogP contribution in [0.5, 0.6) is 5.75 Å². The standard InChI is InChI=1S/C16H22ClNO3/c17-14-9-12(3-4-16(14)21-13-10-20-11-13)15(19)5-8-18-6-1-2-7-18/h3-4,9,13,15,19H,1-2,5-8,10-11H2. The summed E-state index contributed by atoms with van der Waals surface area (Å²) in [5.74, 6) is 0.667. The Labute approximate surface area is 130 Å². The van der Waals surface area contributed by atoms with Crippen molar-refractivity contribution in [3.63, 3.8) is 0 Å². The van der Waals surface area contributed by atoms with Crippen LogP contribution in [0.2, 0.25) is 5.02 Å². The van der Waals surface area contributed by atoms with Gasteiger partial charge in [0.2, 0.25) is 0 Å². The zero-order chi connectivity index (χ0) is 14.7. The highest BCUT2D eigenvalue weighted by Crippen LogP contribution is 2.30. The van der Waals surface area contributed by atoms with E-state index in [1.807, 2.05) is 18.2 Å². The van der Waals surface area contributed by atoms with Crippen LogP contribution in [0.25, 0.3) is 0 Å². The average Bonchev–Trinajstić information content (AvgIpc) is 2.94. The molecule has 0 saturated carbocycles. The molecule has 5 heteroatoms. The summed E-state index contributed by atoms with van der Waals surface area (Å²) in [4.78, 5) is 2.40. The van der Waals surface area contributed by atoms with E-state index in [-0.39, 0.29) is 6.10 Å². The molecule has 2 saturated heterocycles. The Bertz CT molecular complexity index is 473. The summed E-state index contributed by atoms with van der Waals surface area (Å²) >= 11 is 6.24. The van der Waals surface area contributed by atoms with E-state index in [0.717, 1.165) is 31.6 Å². The largest absolute Gasteiger partial charge is 0.484 e. The van der Waals surface area contributed by atoms with E-state index >= 15 is 0 Å². The lowest BCUT2D eigenvalue weighted by Gasteiger charge is -2.27. The molecular weight excluding hydrogens is 290 g/mol. The van der Waals surface area contributed by atoms with Gasteiger partial charge in [0.15, 0.2) is 0 Å². The summed E-state index contributed by atoms with van der Waals surface area (Å²) in [7, 11) is 0. The molecule has 0 aromatic heterocycles. The van der Waals surface area contributed by atoms with Crippen LogP contribution in [-0.2, 0) is 4.74 Å². The van der Waals surface area contributed by atoms with E-state index in [4.69, 9.17) is 21.1 Å². The Hall–Kier alpha value is -0.810. The van der Waals surface area contributed by atoms with Gasteiger partial charge in [0.1, 0.15) is 11.9 Å². The fourth-order valence-corrected chi connectivity index (χ4v) is 2.99. The summed E-state index contributed by atoms with van der Waals surface area (Å²) in [6.45, 7) is 4.50. The topological polar surface area (TPSA) is 41.9 Å². The van der Waals surface area contributed by atoms with Gasteiger partial charge in [-0.1, -0.05) is 17.7 Å². The molecule has 116 valence electrons. The first kappa shape index (κ1) is 15.1. The predicted molar refractivity (Wildman–Crippen MR) is 81.9 cm³/mol. The van der Waals surface area contributed by atoms with Crippen molar-refractivity contribution < 1.29 is 14.6 Å². The van der Waals surface area contributed by atoms with E-state index < -0.39 is 6.10 Å². The molecular formula is C16H22ClNO3. The molecule has 0 bridgehead atoms. The summed E-state index contributed by atoms with van der Waals surface area (Å²) in [5.41, 5.74) is 0.858. The highest BCUT2D eigenvalue weighted by atomic mass is 35.5. The Kier molecular flexibility index (Phi) is 5.01. The zero-order valence-corrected chi connectivity index (χ0v) is 12.9. The first-order valence-electron chi connectivity index (χ1n) is 7.66. The molecule has 2 heterocycles. The summed E-state index contributed by atoms with van der Waals surface area (Å²) in [6, 6.07) is 5.55. The van der Waals surface area contributed by atoms with Crippen LogP contribution in [0.3, 0.4) is 0 Å². The molecule has 2 fully saturated rings. The Morgan fingerprint density at radius 3 is 2.71 bits per heavy atom. The molecule has 0 aliphatic carbocycles. The number of aliphatic hydroxyl groups is 1. The zero-order valence-electron chi connectivity index (χ0n) is 12.1. The van der Waals surface area contributed by atoms with Crippen molar-refractivity contribution >= 4 is 11.6 Å². The lowest BCUT2D eigenvalue weighted by molar-refractivity contribution is -0.0796. The number of aliphatic hydroxyl groups excluding tert-OH is 1. The number of likely N-dealkylation sites (tertiary alicyclic amines) is 1. The van der Waals surface area contributed by atoms with E-state index in [1.54, 1.807) is 0 Å². The van der Waals surface area contributed by atoms with Crippen LogP contribution in [-0.4, -0.2) is 49.0 Å². The van der Waals surface area contributed by atoms with E-state index in [1.165, 1.54) is 12.8 Å². The molecule has 1 unspecified atom stereocenters. The van der Waals surface area contributed by atoms with Gasteiger partial charge in [-0.3, -0.25) is 0 Å². The fraction of sp³-hybridized carbons (Fsp3) is 0.625. The maximum Gasteiger partial charge on any atom is 0.145 e. The molecule has 1 atom stereocenters. The van der Waals surface area contributed by atoms with Gasteiger partial charge in [0.05, 0.1) is 24.3 Å². The van der Waals surface area contributed by atoms with Crippen molar-refractivity contribution in [2.75, 3.05) is 32.8 Å². The molecule has 0 spiro atoms. The van der Waals surface area contributed by atoms with Crippen molar-refractivity contribution in [2.24, 2.45) is 0 Å². The quantitative estimate of drug-likeness (QED) is 0.877. The van der Waals surface area contributed by atoms with Gasteiger partial charge >= 0.3 is 0 Å². The summed E-state index contributed by atoms with van der Waals surface area (Å²) in [5, 5.41) is 10.8. The molecule has 4 nitrogen and oxygen atoms in total. The van der Waals surface area contributed by atoms with Crippen molar-refractivity contribution in [1.29, 1.82) is 0 Å². The normalized spacial score (nSPS) is 21.2. The van der Waals surface area contributed by atoms with Gasteiger partial charge in [-0.05, 0) is 50.0 Å². The third-order valence-electron chi connectivity index (χ3n) is 4.16. The molecule has 0 radical (unpaired) electrons. The Morgan fingerprint density at radius 1 is 1.33 bits per heavy atom. The number of rotatable bonds is 6. The molecule has 3 rings (SSSR count). The first-order valence-corrected chi connectivity index (χ1v) is 8.04. The highest BCUT2D eigenvalue weighted by molar-refractivity contribution is 6.32.